The van der Waals surface area contributed by atoms with E-state index >= 15 is 0 Å². The zero-order valence-corrected chi connectivity index (χ0v) is 13.6. The highest BCUT2D eigenvalue weighted by molar-refractivity contribution is 5.94. The van der Waals surface area contributed by atoms with E-state index in [0.29, 0.717) is 23.3 Å². The van der Waals surface area contributed by atoms with Crippen molar-refractivity contribution < 1.29 is 9.53 Å². The van der Waals surface area contributed by atoms with Crippen molar-refractivity contribution in [1.82, 2.24) is 14.9 Å². The first-order valence-electron chi connectivity index (χ1n) is 8.57. The summed E-state index contributed by atoms with van der Waals surface area (Å²) < 4.78 is 5.45. The van der Waals surface area contributed by atoms with Gasteiger partial charge in [-0.15, -0.1) is 0 Å². The summed E-state index contributed by atoms with van der Waals surface area (Å²) in [5.41, 5.74) is 1.53. The number of carbonyl (C=O) groups is 1. The molecule has 1 amide bonds. The minimum atomic E-state index is 0.0454. The van der Waals surface area contributed by atoms with Crippen LogP contribution in [0.15, 0.2) is 42.7 Å². The number of benzene rings is 1. The molecule has 1 unspecified atom stereocenters. The molecule has 5 nitrogen and oxygen atoms in total. The lowest BCUT2D eigenvalue weighted by atomic mass is 10.1. The summed E-state index contributed by atoms with van der Waals surface area (Å²) in [6.07, 6.45) is 6.54. The molecule has 2 heterocycles. The van der Waals surface area contributed by atoms with Crippen LogP contribution in [0.2, 0.25) is 0 Å². The van der Waals surface area contributed by atoms with Crippen molar-refractivity contribution in [3.8, 4) is 11.4 Å². The van der Waals surface area contributed by atoms with Crippen LogP contribution in [0, 0.1) is 5.92 Å². The smallest absolute Gasteiger partial charge is 0.257 e. The predicted octanol–water partition coefficient (Wildman–Crippen LogP) is 2.78. The van der Waals surface area contributed by atoms with Gasteiger partial charge in [0.15, 0.2) is 5.82 Å². The summed E-state index contributed by atoms with van der Waals surface area (Å²) in [4.78, 5) is 23.6. The summed E-state index contributed by atoms with van der Waals surface area (Å²) in [6.45, 7) is 2.36. The first-order valence-corrected chi connectivity index (χ1v) is 8.57. The van der Waals surface area contributed by atoms with Gasteiger partial charge in [-0.3, -0.25) is 4.79 Å². The number of hydrogen-bond acceptors (Lipinski definition) is 4. The number of rotatable bonds is 5. The quantitative estimate of drug-likeness (QED) is 0.849. The fraction of sp³-hybridized carbons (Fsp3) is 0.421. The molecule has 1 saturated heterocycles. The Morgan fingerprint density at radius 2 is 1.88 bits per heavy atom. The Labute approximate surface area is 141 Å². The van der Waals surface area contributed by atoms with Crippen LogP contribution in [0.3, 0.4) is 0 Å². The second-order valence-electron chi connectivity index (χ2n) is 6.58. The van der Waals surface area contributed by atoms with E-state index in [1.807, 2.05) is 35.2 Å². The first-order chi connectivity index (χ1) is 11.8. The third-order valence-electron chi connectivity index (χ3n) is 4.66. The van der Waals surface area contributed by atoms with Crippen molar-refractivity contribution in [2.45, 2.75) is 25.3 Å². The number of aromatic nitrogens is 2. The molecule has 2 fully saturated rings. The molecule has 2 aliphatic rings. The summed E-state index contributed by atoms with van der Waals surface area (Å²) in [5, 5.41) is 0. The molecule has 1 atom stereocenters. The average molecular weight is 323 g/mol. The molecule has 0 bridgehead atoms. The molecule has 4 rings (SSSR count). The summed E-state index contributed by atoms with van der Waals surface area (Å²) in [7, 11) is 0. The Bertz CT molecular complexity index is 692. The lowest BCUT2D eigenvalue weighted by Crippen LogP contribution is -2.37. The van der Waals surface area contributed by atoms with Gasteiger partial charge < -0.3 is 9.64 Å². The molecular weight excluding hydrogens is 302 g/mol. The van der Waals surface area contributed by atoms with Gasteiger partial charge in [0, 0.05) is 43.1 Å². The lowest BCUT2D eigenvalue weighted by Gasteiger charge is -2.25. The number of ether oxygens (including phenoxy) is 1. The highest BCUT2D eigenvalue weighted by Crippen LogP contribution is 2.30. The second-order valence-corrected chi connectivity index (χ2v) is 6.58. The molecule has 24 heavy (non-hydrogen) atoms. The summed E-state index contributed by atoms with van der Waals surface area (Å²) in [6, 6.07) is 10.2. The number of nitrogens with zero attached hydrogens (tertiary/aromatic N) is 3. The molecule has 1 aliphatic carbocycles. The van der Waals surface area contributed by atoms with Gasteiger partial charge >= 0.3 is 0 Å². The van der Waals surface area contributed by atoms with Gasteiger partial charge in [0.1, 0.15) is 0 Å². The standard InChI is InChI=1S/C19H21N3O2/c23-19(22(17-6-7-17)12-14-8-9-24-13-14)16-10-20-18(21-11-16)15-4-2-1-3-5-15/h1-5,10-11,14,17H,6-9,12-13H2. The Hall–Kier alpha value is -2.27. The van der Waals surface area contributed by atoms with Crippen LogP contribution in [-0.4, -0.2) is 46.6 Å². The van der Waals surface area contributed by atoms with Gasteiger partial charge in [-0.2, -0.15) is 0 Å². The molecule has 1 aliphatic heterocycles. The fourth-order valence-corrected chi connectivity index (χ4v) is 3.13. The van der Waals surface area contributed by atoms with E-state index in [2.05, 4.69) is 9.97 Å². The minimum Gasteiger partial charge on any atom is -0.381 e. The van der Waals surface area contributed by atoms with Crippen LogP contribution in [0.1, 0.15) is 29.6 Å². The maximum absolute atomic E-state index is 12.9. The van der Waals surface area contributed by atoms with Crippen molar-refractivity contribution in [3.05, 3.63) is 48.3 Å². The number of amides is 1. The third-order valence-corrected chi connectivity index (χ3v) is 4.66. The predicted molar refractivity (Wildman–Crippen MR) is 90.5 cm³/mol. The van der Waals surface area contributed by atoms with Crippen molar-refractivity contribution in [1.29, 1.82) is 0 Å². The van der Waals surface area contributed by atoms with Gasteiger partial charge in [0.25, 0.3) is 5.91 Å². The van der Waals surface area contributed by atoms with E-state index < -0.39 is 0 Å². The molecule has 0 radical (unpaired) electrons. The molecule has 0 N–H and O–H groups in total. The summed E-state index contributed by atoms with van der Waals surface area (Å²) in [5.74, 6) is 1.15. The SMILES string of the molecule is O=C(c1cnc(-c2ccccc2)nc1)N(CC1CCOC1)C1CC1. The van der Waals surface area contributed by atoms with Crippen molar-refractivity contribution in [2.24, 2.45) is 5.92 Å². The molecule has 124 valence electrons. The number of carbonyl (C=O) groups excluding carboxylic acids is 1. The van der Waals surface area contributed by atoms with Crippen molar-refractivity contribution in [3.63, 3.8) is 0 Å². The average Bonchev–Trinajstić information content (AvgIpc) is 3.36. The molecule has 5 heteroatoms. The van der Waals surface area contributed by atoms with E-state index in [1.54, 1.807) is 12.4 Å². The lowest BCUT2D eigenvalue weighted by molar-refractivity contribution is 0.0705. The van der Waals surface area contributed by atoms with Crippen LogP contribution in [0.4, 0.5) is 0 Å². The van der Waals surface area contributed by atoms with Gasteiger partial charge in [-0.05, 0) is 19.3 Å². The van der Waals surface area contributed by atoms with Crippen LogP contribution in [-0.2, 0) is 4.74 Å². The van der Waals surface area contributed by atoms with Crippen LogP contribution >= 0.6 is 0 Å². The Balaban J connectivity index is 1.50. The van der Waals surface area contributed by atoms with Crippen LogP contribution < -0.4 is 0 Å². The highest BCUT2D eigenvalue weighted by atomic mass is 16.5. The van der Waals surface area contributed by atoms with E-state index in [9.17, 15) is 4.79 Å². The molecule has 1 aromatic heterocycles. The van der Waals surface area contributed by atoms with Gasteiger partial charge in [0.2, 0.25) is 0 Å². The topological polar surface area (TPSA) is 55.3 Å². The zero-order valence-electron chi connectivity index (χ0n) is 13.6. The largest absolute Gasteiger partial charge is 0.381 e. The van der Waals surface area contributed by atoms with E-state index in [-0.39, 0.29) is 5.91 Å². The molecule has 0 spiro atoms. The first kappa shape index (κ1) is 15.3. The second kappa shape index (κ2) is 6.69. The van der Waals surface area contributed by atoms with Gasteiger partial charge in [-0.1, -0.05) is 30.3 Å². The van der Waals surface area contributed by atoms with E-state index in [1.165, 1.54) is 0 Å². The third kappa shape index (κ3) is 3.31. The van der Waals surface area contributed by atoms with Gasteiger partial charge in [0.05, 0.1) is 12.2 Å². The Morgan fingerprint density at radius 3 is 2.50 bits per heavy atom. The van der Waals surface area contributed by atoms with Crippen LogP contribution in [0.25, 0.3) is 11.4 Å². The van der Waals surface area contributed by atoms with Crippen molar-refractivity contribution in [2.75, 3.05) is 19.8 Å². The molecule has 1 aromatic carbocycles. The normalized spacial score (nSPS) is 20.1. The molecule has 1 saturated carbocycles. The maximum Gasteiger partial charge on any atom is 0.257 e. The van der Waals surface area contributed by atoms with E-state index in [0.717, 1.165) is 44.6 Å². The highest BCUT2D eigenvalue weighted by Gasteiger charge is 2.35. The minimum absolute atomic E-state index is 0.0454. The van der Waals surface area contributed by atoms with Crippen LogP contribution in [0.5, 0.6) is 0 Å². The monoisotopic (exact) mass is 323 g/mol. The molecule has 2 aromatic rings. The van der Waals surface area contributed by atoms with Gasteiger partial charge in [-0.25, -0.2) is 9.97 Å². The Kier molecular flexibility index (Phi) is 4.26. The van der Waals surface area contributed by atoms with E-state index in [4.69, 9.17) is 4.74 Å². The maximum atomic E-state index is 12.9. The zero-order chi connectivity index (χ0) is 16.4. The number of hydrogen-bond donors (Lipinski definition) is 0. The Morgan fingerprint density at radius 1 is 1.12 bits per heavy atom. The fourth-order valence-electron chi connectivity index (χ4n) is 3.13. The summed E-state index contributed by atoms with van der Waals surface area (Å²) >= 11 is 0. The van der Waals surface area contributed by atoms with Crippen molar-refractivity contribution >= 4 is 5.91 Å². The molecular formula is C19H21N3O2.